The molecule has 0 bridgehead atoms. The van der Waals surface area contributed by atoms with Gasteiger partial charge in [0.15, 0.2) is 0 Å². The lowest BCUT2D eigenvalue weighted by molar-refractivity contribution is -0.0564. The van der Waals surface area contributed by atoms with Crippen molar-refractivity contribution in [3.05, 3.63) is 28.8 Å². The topological polar surface area (TPSA) is 45.5 Å². The van der Waals surface area contributed by atoms with Crippen LogP contribution in [0.4, 0.5) is 0 Å². The molecule has 0 aliphatic carbocycles. The summed E-state index contributed by atoms with van der Waals surface area (Å²) in [5, 5.41) is 9.24. The molecule has 1 heterocycles. The highest BCUT2D eigenvalue weighted by atomic mass is 35.5. The second-order valence-corrected chi connectivity index (χ2v) is 5.55. The predicted molar refractivity (Wildman–Crippen MR) is 78.1 cm³/mol. The van der Waals surface area contributed by atoms with Crippen molar-refractivity contribution in [3.8, 4) is 11.8 Å². The van der Waals surface area contributed by atoms with Gasteiger partial charge in [-0.3, -0.25) is 4.90 Å². The van der Waals surface area contributed by atoms with E-state index in [1.54, 1.807) is 18.2 Å². The molecule has 1 aromatic rings. The fraction of sp³-hybridized carbons (Fsp3) is 0.533. The van der Waals surface area contributed by atoms with Crippen molar-refractivity contribution in [2.45, 2.75) is 26.0 Å². The number of ether oxygens (including phenoxy) is 2. The molecule has 4 nitrogen and oxygen atoms in total. The number of benzene rings is 1. The van der Waals surface area contributed by atoms with Crippen LogP contribution in [0.2, 0.25) is 5.02 Å². The largest absolute Gasteiger partial charge is 0.491 e. The quantitative estimate of drug-likeness (QED) is 0.856. The number of hydrogen-bond acceptors (Lipinski definition) is 4. The van der Waals surface area contributed by atoms with Crippen LogP contribution in [0.1, 0.15) is 19.4 Å². The number of halogens is 1. The summed E-state index contributed by atoms with van der Waals surface area (Å²) in [5.74, 6) is 0.666. The first kappa shape index (κ1) is 15.1. The van der Waals surface area contributed by atoms with E-state index in [-0.39, 0.29) is 6.10 Å². The van der Waals surface area contributed by atoms with E-state index in [9.17, 15) is 0 Å². The van der Waals surface area contributed by atoms with Crippen LogP contribution in [0, 0.1) is 11.3 Å². The van der Waals surface area contributed by atoms with Crippen molar-refractivity contribution in [1.82, 2.24) is 4.90 Å². The summed E-state index contributed by atoms with van der Waals surface area (Å²) >= 11 is 5.97. The van der Waals surface area contributed by atoms with Crippen molar-refractivity contribution in [1.29, 1.82) is 5.26 Å². The van der Waals surface area contributed by atoms with Crippen molar-refractivity contribution < 1.29 is 9.47 Å². The van der Waals surface area contributed by atoms with Gasteiger partial charge in [-0.25, -0.2) is 0 Å². The van der Waals surface area contributed by atoms with Gasteiger partial charge in [-0.2, -0.15) is 5.26 Å². The molecule has 0 saturated carbocycles. The van der Waals surface area contributed by atoms with E-state index in [0.717, 1.165) is 19.7 Å². The van der Waals surface area contributed by atoms with Crippen molar-refractivity contribution in [2.24, 2.45) is 0 Å². The summed E-state index contributed by atoms with van der Waals surface area (Å²) in [4.78, 5) is 2.38. The molecule has 5 heteroatoms. The minimum absolute atomic E-state index is 0.0700. The zero-order valence-electron chi connectivity index (χ0n) is 11.8. The molecule has 0 amide bonds. The molecular weight excluding hydrogens is 276 g/mol. The first-order valence-corrected chi connectivity index (χ1v) is 7.16. The summed E-state index contributed by atoms with van der Waals surface area (Å²) in [6.07, 6.45) is 0.0700. The van der Waals surface area contributed by atoms with Gasteiger partial charge in [0.25, 0.3) is 0 Å². The summed E-state index contributed by atoms with van der Waals surface area (Å²) in [5.41, 5.74) is 0.457. The molecule has 20 heavy (non-hydrogen) atoms. The molecule has 108 valence electrons. The van der Waals surface area contributed by atoms with Gasteiger partial charge in [-0.1, -0.05) is 11.6 Å². The van der Waals surface area contributed by atoms with Crippen LogP contribution < -0.4 is 4.74 Å². The maximum atomic E-state index is 8.82. The molecule has 1 aromatic carbocycles. The predicted octanol–water partition coefficient (Wildman–Crippen LogP) is 2.70. The third-order valence-corrected chi connectivity index (χ3v) is 3.71. The van der Waals surface area contributed by atoms with E-state index in [2.05, 4.69) is 18.7 Å². The smallest absolute Gasteiger partial charge is 0.121 e. The molecule has 1 aliphatic heterocycles. The van der Waals surface area contributed by atoms with Crippen molar-refractivity contribution >= 4 is 11.6 Å². The summed E-state index contributed by atoms with van der Waals surface area (Å²) < 4.78 is 11.4. The van der Waals surface area contributed by atoms with Gasteiger partial charge in [0.2, 0.25) is 0 Å². The van der Waals surface area contributed by atoms with Crippen LogP contribution in [-0.2, 0) is 4.74 Å². The Morgan fingerprint density at radius 2 is 2.35 bits per heavy atom. The molecule has 1 fully saturated rings. The zero-order valence-corrected chi connectivity index (χ0v) is 12.6. The lowest BCUT2D eigenvalue weighted by atomic mass is 10.2. The van der Waals surface area contributed by atoms with Gasteiger partial charge in [0.1, 0.15) is 24.5 Å². The first-order chi connectivity index (χ1) is 9.60. The van der Waals surface area contributed by atoms with Crippen LogP contribution in [-0.4, -0.2) is 43.3 Å². The average Bonchev–Trinajstić information content (AvgIpc) is 2.45. The fourth-order valence-corrected chi connectivity index (χ4v) is 2.39. The lowest BCUT2D eigenvalue weighted by Gasteiger charge is -2.35. The van der Waals surface area contributed by atoms with Gasteiger partial charge in [0, 0.05) is 25.2 Å². The monoisotopic (exact) mass is 294 g/mol. The van der Waals surface area contributed by atoms with Crippen molar-refractivity contribution in [2.75, 3.05) is 26.3 Å². The molecule has 1 aliphatic rings. The number of nitriles is 1. The second-order valence-electron chi connectivity index (χ2n) is 5.15. The Kier molecular flexibility index (Phi) is 5.24. The second kappa shape index (κ2) is 6.94. The molecule has 0 N–H and O–H groups in total. The highest BCUT2D eigenvalue weighted by molar-refractivity contribution is 6.31. The summed E-state index contributed by atoms with van der Waals surface area (Å²) in [6.45, 7) is 7.44. The van der Waals surface area contributed by atoms with Gasteiger partial charge < -0.3 is 9.47 Å². The minimum atomic E-state index is 0.0700. The number of hydrogen-bond donors (Lipinski definition) is 0. The van der Waals surface area contributed by atoms with Crippen LogP contribution >= 0.6 is 11.6 Å². The van der Waals surface area contributed by atoms with E-state index in [4.69, 9.17) is 26.3 Å². The normalized spacial score (nSPS) is 19.9. The molecule has 1 atom stereocenters. The molecule has 1 saturated heterocycles. The summed E-state index contributed by atoms with van der Waals surface area (Å²) in [6, 6.07) is 7.64. The van der Waals surface area contributed by atoms with Crippen LogP contribution in [0.25, 0.3) is 0 Å². The van der Waals surface area contributed by atoms with E-state index in [1.807, 2.05) is 6.07 Å². The highest BCUT2D eigenvalue weighted by Crippen LogP contribution is 2.22. The van der Waals surface area contributed by atoms with E-state index >= 15 is 0 Å². The Morgan fingerprint density at radius 3 is 3.00 bits per heavy atom. The van der Waals surface area contributed by atoms with E-state index in [1.165, 1.54) is 0 Å². The lowest BCUT2D eigenvalue weighted by Crippen LogP contribution is -2.47. The molecule has 0 aromatic heterocycles. The molecule has 2 rings (SSSR count). The standard InChI is InChI=1S/C15H19ClN2O2/c1-11(2)18-5-6-19-14(9-18)10-20-13-4-3-12(8-17)15(16)7-13/h3-4,7,11,14H,5-6,9-10H2,1-2H3. The third kappa shape index (κ3) is 3.86. The Hall–Kier alpha value is -1.28. The van der Waals surface area contributed by atoms with Gasteiger partial charge in [-0.05, 0) is 26.0 Å². The maximum absolute atomic E-state index is 8.82. The zero-order chi connectivity index (χ0) is 14.5. The molecule has 1 unspecified atom stereocenters. The molecule has 0 radical (unpaired) electrons. The Bertz CT molecular complexity index is 499. The van der Waals surface area contributed by atoms with Gasteiger partial charge >= 0.3 is 0 Å². The Morgan fingerprint density at radius 1 is 1.55 bits per heavy atom. The van der Waals surface area contributed by atoms with Crippen molar-refractivity contribution in [3.63, 3.8) is 0 Å². The third-order valence-electron chi connectivity index (χ3n) is 3.40. The number of rotatable bonds is 4. The molecular formula is C15H19ClN2O2. The minimum Gasteiger partial charge on any atom is -0.491 e. The molecule has 0 spiro atoms. The number of nitrogens with zero attached hydrogens (tertiary/aromatic N) is 2. The van der Waals surface area contributed by atoms with Gasteiger partial charge in [0.05, 0.1) is 17.2 Å². The highest BCUT2D eigenvalue weighted by Gasteiger charge is 2.22. The van der Waals surface area contributed by atoms with Gasteiger partial charge in [-0.15, -0.1) is 0 Å². The van der Waals surface area contributed by atoms with E-state index in [0.29, 0.717) is 29.0 Å². The van der Waals surface area contributed by atoms with Crippen LogP contribution in [0.15, 0.2) is 18.2 Å². The SMILES string of the molecule is CC(C)N1CCOC(COc2ccc(C#N)c(Cl)c2)C1. The summed E-state index contributed by atoms with van der Waals surface area (Å²) in [7, 11) is 0. The Labute approximate surface area is 124 Å². The average molecular weight is 295 g/mol. The van der Waals surface area contributed by atoms with E-state index < -0.39 is 0 Å². The van der Waals surface area contributed by atoms with Crippen LogP contribution in [0.5, 0.6) is 5.75 Å². The first-order valence-electron chi connectivity index (χ1n) is 6.78. The fourth-order valence-electron chi connectivity index (χ4n) is 2.18. The number of morpholine rings is 1. The maximum Gasteiger partial charge on any atom is 0.121 e. The Balaban J connectivity index is 1.89. The van der Waals surface area contributed by atoms with Crippen LogP contribution in [0.3, 0.4) is 0 Å².